The third-order valence-corrected chi connectivity index (χ3v) is 5.91. The maximum Gasteiger partial charge on any atom is 0.257 e. The average Bonchev–Trinajstić information content (AvgIpc) is 3.39. The van der Waals surface area contributed by atoms with Gasteiger partial charge in [-0.3, -0.25) is 4.79 Å². The summed E-state index contributed by atoms with van der Waals surface area (Å²) in [6.45, 7) is 6.59. The first kappa shape index (κ1) is 18.0. The molecule has 6 heteroatoms. The topological polar surface area (TPSA) is 60.5 Å². The van der Waals surface area contributed by atoms with Crippen molar-refractivity contribution in [3.05, 3.63) is 60.4 Å². The Kier molecular flexibility index (Phi) is 4.23. The van der Waals surface area contributed by atoms with Gasteiger partial charge >= 0.3 is 0 Å². The quantitative estimate of drug-likeness (QED) is 0.667. The van der Waals surface area contributed by atoms with Crippen LogP contribution in [0.5, 0.6) is 5.75 Å². The van der Waals surface area contributed by atoms with Crippen LogP contribution >= 0.6 is 0 Å². The van der Waals surface area contributed by atoms with Gasteiger partial charge in [0.2, 0.25) is 0 Å². The Hall–Kier alpha value is -3.02. The van der Waals surface area contributed by atoms with E-state index in [4.69, 9.17) is 14.1 Å². The fourth-order valence-corrected chi connectivity index (χ4v) is 4.58. The van der Waals surface area contributed by atoms with E-state index in [2.05, 4.69) is 24.5 Å². The fraction of sp³-hybridized carbons (Fsp3) is 0.391. The Bertz CT molecular complexity index is 1030. The van der Waals surface area contributed by atoms with E-state index in [9.17, 15) is 4.79 Å². The number of imidazole rings is 1. The second kappa shape index (κ2) is 6.79. The lowest BCUT2D eigenvalue weighted by atomic mass is 9.83. The molecule has 0 unspecified atom stereocenters. The Morgan fingerprint density at radius 1 is 1.21 bits per heavy atom. The summed E-state index contributed by atoms with van der Waals surface area (Å²) in [5, 5.41) is 0. The van der Waals surface area contributed by atoms with Crippen molar-refractivity contribution in [1.29, 1.82) is 0 Å². The molecular weight excluding hydrogens is 366 g/mol. The predicted octanol–water partition coefficient (Wildman–Crippen LogP) is 4.32. The van der Waals surface area contributed by atoms with Gasteiger partial charge in [-0.15, -0.1) is 0 Å². The van der Waals surface area contributed by atoms with Gasteiger partial charge in [-0.05, 0) is 24.1 Å². The minimum atomic E-state index is -0.456. The zero-order valence-corrected chi connectivity index (χ0v) is 16.8. The number of amides is 1. The van der Waals surface area contributed by atoms with Crippen molar-refractivity contribution in [3.63, 3.8) is 0 Å². The Morgan fingerprint density at radius 2 is 2.00 bits per heavy atom. The average molecular weight is 391 g/mol. The monoisotopic (exact) mass is 391 g/mol. The molecule has 0 N–H and O–H groups in total. The van der Waals surface area contributed by atoms with Crippen molar-refractivity contribution in [1.82, 2.24) is 14.5 Å². The van der Waals surface area contributed by atoms with Crippen molar-refractivity contribution in [2.45, 2.75) is 38.8 Å². The van der Waals surface area contributed by atoms with Crippen LogP contribution in [-0.4, -0.2) is 33.4 Å². The summed E-state index contributed by atoms with van der Waals surface area (Å²) in [5.74, 6) is 1.40. The molecule has 3 aromatic rings. The molecule has 2 aliphatic heterocycles. The SMILES string of the molecule is CC(C)Cn1cnc2c1C1(CCN(C(=O)c3ccoc3)CC1)Oc1ccccc1-2. The summed E-state index contributed by atoms with van der Waals surface area (Å²) in [5.41, 5.74) is 3.36. The lowest BCUT2D eigenvalue weighted by molar-refractivity contribution is -0.00760. The van der Waals surface area contributed by atoms with Crippen LogP contribution in [0.15, 0.2) is 53.6 Å². The van der Waals surface area contributed by atoms with Crippen molar-refractivity contribution in [2.75, 3.05) is 13.1 Å². The van der Waals surface area contributed by atoms with Crippen LogP contribution < -0.4 is 4.74 Å². The normalized spacial score (nSPS) is 17.1. The number of fused-ring (bicyclic) bond motifs is 4. The summed E-state index contributed by atoms with van der Waals surface area (Å²) < 4.78 is 14.0. The molecule has 1 spiro atoms. The van der Waals surface area contributed by atoms with Crippen LogP contribution in [0.25, 0.3) is 11.3 Å². The van der Waals surface area contributed by atoms with Crippen molar-refractivity contribution < 1.29 is 13.9 Å². The van der Waals surface area contributed by atoms with E-state index in [-0.39, 0.29) is 5.91 Å². The number of aromatic nitrogens is 2. The third kappa shape index (κ3) is 2.94. The van der Waals surface area contributed by atoms with E-state index in [1.54, 1.807) is 6.07 Å². The summed E-state index contributed by atoms with van der Waals surface area (Å²) in [6.07, 6.45) is 6.47. The summed E-state index contributed by atoms with van der Waals surface area (Å²) in [4.78, 5) is 19.4. The molecule has 150 valence electrons. The van der Waals surface area contributed by atoms with Gasteiger partial charge < -0.3 is 18.6 Å². The largest absolute Gasteiger partial charge is 0.480 e. The van der Waals surface area contributed by atoms with Crippen LogP contribution in [0, 0.1) is 5.92 Å². The number of hydrogen-bond donors (Lipinski definition) is 0. The minimum absolute atomic E-state index is 0.0146. The van der Waals surface area contributed by atoms with E-state index < -0.39 is 5.60 Å². The van der Waals surface area contributed by atoms with Crippen LogP contribution in [0.2, 0.25) is 0 Å². The molecule has 0 aliphatic carbocycles. The van der Waals surface area contributed by atoms with Gasteiger partial charge in [0.1, 0.15) is 12.0 Å². The summed E-state index contributed by atoms with van der Waals surface area (Å²) >= 11 is 0. The number of carbonyl (C=O) groups excluding carboxylic acids is 1. The van der Waals surface area contributed by atoms with Gasteiger partial charge in [0.15, 0.2) is 5.60 Å². The molecule has 0 bridgehead atoms. The number of rotatable bonds is 3. The first-order valence-electron chi connectivity index (χ1n) is 10.2. The number of piperidine rings is 1. The number of benzene rings is 1. The molecule has 29 heavy (non-hydrogen) atoms. The zero-order valence-electron chi connectivity index (χ0n) is 16.8. The maximum atomic E-state index is 12.7. The highest BCUT2D eigenvalue weighted by Gasteiger charge is 2.47. The number of nitrogens with zero attached hydrogens (tertiary/aromatic N) is 3. The molecule has 1 fully saturated rings. The van der Waals surface area contributed by atoms with Gasteiger partial charge in [-0.25, -0.2) is 4.98 Å². The fourth-order valence-electron chi connectivity index (χ4n) is 4.58. The maximum absolute atomic E-state index is 12.7. The van der Waals surface area contributed by atoms with Crippen molar-refractivity contribution >= 4 is 5.91 Å². The lowest BCUT2D eigenvalue weighted by Crippen LogP contribution is -2.50. The highest BCUT2D eigenvalue weighted by molar-refractivity contribution is 5.93. The molecule has 5 rings (SSSR count). The van der Waals surface area contributed by atoms with E-state index in [0.29, 0.717) is 24.6 Å². The lowest BCUT2D eigenvalue weighted by Gasteiger charge is -2.44. The van der Waals surface area contributed by atoms with E-state index >= 15 is 0 Å². The van der Waals surface area contributed by atoms with Crippen LogP contribution in [0.3, 0.4) is 0 Å². The van der Waals surface area contributed by atoms with Crippen molar-refractivity contribution in [2.24, 2.45) is 5.92 Å². The number of para-hydroxylation sites is 1. The second-order valence-electron chi connectivity index (χ2n) is 8.38. The summed E-state index contributed by atoms with van der Waals surface area (Å²) in [7, 11) is 0. The van der Waals surface area contributed by atoms with Crippen molar-refractivity contribution in [3.8, 4) is 17.0 Å². The number of hydrogen-bond acceptors (Lipinski definition) is 4. The van der Waals surface area contributed by atoms with Crippen LogP contribution in [0.4, 0.5) is 0 Å². The van der Waals surface area contributed by atoms with Crippen LogP contribution in [0.1, 0.15) is 42.7 Å². The van der Waals surface area contributed by atoms with Gasteiger partial charge in [-0.2, -0.15) is 0 Å². The molecule has 1 aromatic carbocycles. The Morgan fingerprint density at radius 3 is 2.72 bits per heavy atom. The highest BCUT2D eigenvalue weighted by atomic mass is 16.5. The van der Waals surface area contributed by atoms with Gasteiger partial charge in [0.25, 0.3) is 5.91 Å². The second-order valence-corrected chi connectivity index (χ2v) is 8.38. The van der Waals surface area contributed by atoms with E-state index in [0.717, 1.165) is 42.1 Å². The first-order valence-corrected chi connectivity index (χ1v) is 10.2. The van der Waals surface area contributed by atoms with Gasteiger partial charge in [-0.1, -0.05) is 26.0 Å². The molecular formula is C23H25N3O3. The molecule has 4 heterocycles. The van der Waals surface area contributed by atoms with Gasteiger partial charge in [0.05, 0.1) is 29.5 Å². The van der Waals surface area contributed by atoms with E-state index in [1.165, 1.54) is 12.5 Å². The Labute approximate surface area is 170 Å². The number of carbonyl (C=O) groups is 1. The molecule has 0 radical (unpaired) electrons. The highest BCUT2D eigenvalue weighted by Crippen LogP contribution is 2.49. The van der Waals surface area contributed by atoms with E-state index in [1.807, 2.05) is 29.4 Å². The van der Waals surface area contributed by atoms with Crippen LogP contribution in [-0.2, 0) is 12.1 Å². The summed E-state index contributed by atoms with van der Waals surface area (Å²) in [6, 6.07) is 9.84. The molecule has 2 aliphatic rings. The zero-order chi connectivity index (χ0) is 20.0. The molecule has 0 atom stereocenters. The predicted molar refractivity (Wildman–Crippen MR) is 109 cm³/mol. The Balaban J connectivity index is 1.50. The number of ether oxygens (including phenoxy) is 1. The smallest absolute Gasteiger partial charge is 0.257 e. The first-order chi connectivity index (χ1) is 14.1. The van der Waals surface area contributed by atoms with Gasteiger partial charge in [0, 0.05) is 38.0 Å². The molecule has 0 saturated carbocycles. The molecule has 6 nitrogen and oxygen atoms in total. The number of furan rings is 1. The molecule has 2 aromatic heterocycles. The molecule has 1 saturated heterocycles. The standard InChI is InChI=1S/C23H25N3O3/c1-16(2)13-26-15-24-20-18-5-3-4-6-19(18)29-23(21(20)26)8-10-25(11-9-23)22(27)17-7-12-28-14-17/h3-7,12,14-16H,8-11,13H2,1-2H3. The molecule has 1 amide bonds. The number of likely N-dealkylation sites (tertiary alicyclic amines) is 1. The third-order valence-electron chi connectivity index (χ3n) is 5.91. The minimum Gasteiger partial charge on any atom is -0.480 e.